The second-order valence-electron chi connectivity index (χ2n) is 4.04. The van der Waals surface area contributed by atoms with Crippen LogP contribution in [0.4, 0.5) is 4.39 Å². The van der Waals surface area contributed by atoms with E-state index in [1.165, 1.54) is 12.1 Å². The van der Waals surface area contributed by atoms with Gasteiger partial charge in [-0.2, -0.15) is 0 Å². The SMILES string of the molecule is NC(CSc1ccc(F)cc1)c1cc(Cl)ccc1Cl. The Morgan fingerprint density at radius 1 is 1.11 bits per heavy atom. The van der Waals surface area contributed by atoms with Crippen LogP contribution in [0.15, 0.2) is 47.4 Å². The zero-order chi connectivity index (χ0) is 13.8. The Hall–Kier alpha value is -0.740. The topological polar surface area (TPSA) is 26.0 Å². The first-order valence-electron chi connectivity index (χ1n) is 5.65. The maximum atomic E-state index is 12.8. The van der Waals surface area contributed by atoms with Crippen molar-refractivity contribution < 1.29 is 4.39 Å². The summed E-state index contributed by atoms with van der Waals surface area (Å²) in [6.45, 7) is 0. The fraction of sp³-hybridized carbons (Fsp3) is 0.143. The molecule has 1 nitrogen and oxygen atoms in total. The van der Waals surface area contributed by atoms with Crippen LogP contribution in [-0.2, 0) is 0 Å². The smallest absolute Gasteiger partial charge is 0.123 e. The van der Waals surface area contributed by atoms with Crippen molar-refractivity contribution in [3.8, 4) is 0 Å². The fourth-order valence-corrected chi connectivity index (χ4v) is 2.92. The fourth-order valence-electron chi connectivity index (χ4n) is 1.61. The van der Waals surface area contributed by atoms with Gasteiger partial charge >= 0.3 is 0 Å². The molecule has 19 heavy (non-hydrogen) atoms. The average molecular weight is 316 g/mol. The first kappa shape index (κ1) is 14.7. The molecule has 0 aromatic heterocycles. The quantitative estimate of drug-likeness (QED) is 0.810. The molecule has 1 unspecified atom stereocenters. The largest absolute Gasteiger partial charge is 0.323 e. The zero-order valence-corrected chi connectivity index (χ0v) is 12.3. The van der Waals surface area contributed by atoms with E-state index >= 15 is 0 Å². The molecule has 0 amide bonds. The van der Waals surface area contributed by atoms with Gasteiger partial charge in [0.2, 0.25) is 0 Å². The average Bonchev–Trinajstić information content (AvgIpc) is 2.40. The summed E-state index contributed by atoms with van der Waals surface area (Å²) in [4.78, 5) is 0.968. The molecular formula is C14H12Cl2FNS. The number of hydrogen-bond donors (Lipinski definition) is 1. The maximum Gasteiger partial charge on any atom is 0.123 e. The Bertz CT molecular complexity index is 560. The summed E-state index contributed by atoms with van der Waals surface area (Å²) >= 11 is 13.6. The van der Waals surface area contributed by atoms with E-state index in [2.05, 4.69) is 0 Å². The second kappa shape index (κ2) is 6.62. The van der Waals surface area contributed by atoms with Gasteiger partial charge in [0.25, 0.3) is 0 Å². The first-order valence-corrected chi connectivity index (χ1v) is 7.39. The molecule has 0 aliphatic heterocycles. The number of thioether (sulfide) groups is 1. The summed E-state index contributed by atoms with van der Waals surface area (Å²) in [5.41, 5.74) is 6.93. The minimum Gasteiger partial charge on any atom is -0.323 e. The van der Waals surface area contributed by atoms with Gasteiger partial charge in [-0.15, -0.1) is 11.8 Å². The molecule has 0 fully saturated rings. The highest BCUT2D eigenvalue weighted by molar-refractivity contribution is 7.99. The highest BCUT2D eigenvalue weighted by Crippen LogP contribution is 2.29. The van der Waals surface area contributed by atoms with E-state index in [0.717, 1.165) is 10.5 Å². The van der Waals surface area contributed by atoms with E-state index in [-0.39, 0.29) is 11.9 Å². The number of benzene rings is 2. The lowest BCUT2D eigenvalue weighted by atomic mass is 10.1. The van der Waals surface area contributed by atoms with Crippen molar-refractivity contribution in [2.24, 2.45) is 5.73 Å². The van der Waals surface area contributed by atoms with Crippen molar-refractivity contribution in [3.63, 3.8) is 0 Å². The van der Waals surface area contributed by atoms with Gasteiger partial charge in [-0.1, -0.05) is 23.2 Å². The number of hydrogen-bond acceptors (Lipinski definition) is 2. The summed E-state index contributed by atoms with van der Waals surface area (Å²) < 4.78 is 12.8. The molecular weight excluding hydrogens is 304 g/mol. The molecule has 0 heterocycles. The highest BCUT2D eigenvalue weighted by atomic mass is 35.5. The van der Waals surface area contributed by atoms with E-state index in [9.17, 15) is 4.39 Å². The monoisotopic (exact) mass is 315 g/mol. The van der Waals surface area contributed by atoms with Crippen LogP contribution in [0.1, 0.15) is 11.6 Å². The van der Waals surface area contributed by atoms with Crippen LogP contribution in [0.25, 0.3) is 0 Å². The Kier molecular flexibility index (Phi) is 5.11. The van der Waals surface area contributed by atoms with Gasteiger partial charge in [0.05, 0.1) is 0 Å². The predicted molar refractivity (Wildman–Crippen MR) is 80.5 cm³/mol. The van der Waals surface area contributed by atoms with Crippen molar-refractivity contribution in [3.05, 3.63) is 63.9 Å². The molecule has 0 saturated heterocycles. The Balaban J connectivity index is 2.03. The summed E-state index contributed by atoms with van der Waals surface area (Å²) in [6.07, 6.45) is 0. The van der Waals surface area contributed by atoms with Crippen LogP contribution in [-0.4, -0.2) is 5.75 Å². The third kappa shape index (κ3) is 4.11. The Morgan fingerprint density at radius 2 is 1.79 bits per heavy atom. The molecule has 5 heteroatoms. The third-order valence-corrected chi connectivity index (χ3v) is 4.31. The van der Waals surface area contributed by atoms with E-state index in [0.29, 0.717) is 15.8 Å². The minimum atomic E-state index is -0.244. The summed E-state index contributed by atoms with van der Waals surface area (Å²) in [6, 6.07) is 11.3. The van der Waals surface area contributed by atoms with E-state index in [4.69, 9.17) is 28.9 Å². The van der Waals surface area contributed by atoms with Crippen molar-refractivity contribution in [2.75, 3.05) is 5.75 Å². The van der Waals surface area contributed by atoms with Crippen LogP contribution in [0.5, 0.6) is 0 Å². The van der Waals surface area contributed by atoms with Crippen molar-refractivity contribution in [1.29, 1.82) is 0 Å². The van der Waals surface area contributed by atoms with E-state index < -0.39 is 0 Å². The number of nitrogens with two attached hydrogens (primary N) is 1. The normalized spacial score (nSPS) is 12.4. The molecule has 1 atom stereocenters. The molecule has 100 valence electrons. The summed E-state index contributed by atoms with van der Waals surface area (Å²) in [5, 5.41) is 1.22. The van der Waals surface area contributed by atoms with Gasteiger partial charge in [0.15, 0.2) is 0 Å². The lowest BCUT2D eigenvalue weighted by Gasteiger charge is -2.13. The Morgan fingerprint density at radius 3 is 2.47 bits per heavy atom. The number of halogens is 3. The van der Waals surface area contributed by atoms with Gasteiger partial charge in [-0.25, -0.2) is 4.39 Å². The van der Waals surface area contributed by atoms with Crippen LogP contribution in [0.2, 0.25) is 10.0 Å². The molecule has 2 N–H and O–H groups in total. The van der Waals surface area contributed by atoms with Crippen LogP contribution < -0.4 is 5.73 Å². The van der Waals surface area contributed by atoms with E-state index in [1.807, 2.05) is 0 Å². The predicted octanol–water partition coefficient (Wildman–Crippen LogP) is 4.92. The molecule has 0 radical (unpaired) electrons. The van der Waals surface area contributed by atoms with Gasteiger partial charge in [0.1, 0.15) is 5.82 Å². The van der Waals surface area contributed by atoms with Crippen LogP contribution in [0.3, 0.4) is 0 Å². The van der Waals surface area contributed by atoms with Gasteiger partial charge in [0, 0.05) is 26.7 Å². The molecule has 2 aromatic carbocycles. The first-order chi connectivity index (χ1) is 9.06. The van der Waals surface area contributed by atoms with Crippen LogP contribution in [0, 0.1) is 5.82 Å². The van der Waals surface area contributed by atoms with Crippen LogP contribution >= 0.6 is 35.0 Å². The zero-order valence-electron chi connectivity index (χ0n) is 9.95. The third-order valence-electron chi connectivity index (χ3n) is 2.60. The van der Waals surface area contributed by atoms with Crippen molar-refractivity contribution in [1.82, 2.24) is 0 Å². The lowest BCUT2D eigenvalue weighted by Crippen LogP contribution is -2.13. The van der Waals surface area contributed by atoms with E-state index in [1.54, 1.807) is 42.1 Å². The lowest BCUT2D eigenvalue weighted by molar-refractivity contribution is 0.626. The van der Waals surface area contributed by atoms with Gasteiger partial charge in [-0.3, -0.25) is 0 Å². The number of rotatable bonds is 4. The molecule has 0 bridgehead atoms. The second-order valence-corrected chi connectivity index (χ2v) is 5.97. The molecule has 2 aromatic rings. The standard InChI is InChI=1S/C14H12Cl2FNS/c15-9-1-6-13(16)12(7-9)14(18)8-19-11-4-2-10(17)3-5-11/h1-7,14H,8,18H2. The molecule has 0 aliphatic rings. The van der Waals surface area contributed by atoms with Gasteiger partial charge in [-0.05, 0) is 48.0 Å². The van der Waals surface area contributed by atoms with Crippen molar-refractivity contribution >= 4 is 35.0 Å². The minimum absolute atomic E-state index is 0.221. The molecule has 0 aliphatic carbocycles. The molecule has 0 spiro atoms. The molecule has 2 rings (SSSR count). The highest BCUT2D eigenvalue weighted by Gasteiger charge is 2.11. The van der Waals surface area contributed by atoms with Crippen molar-refractivity contribution in [2.45, 2.75) is 10.9 Å². The van der Waals surface area contributed by atoms with Gasteiger partial charge < -0.3 is 5.73 Å². The summed E-state index contributed by atoms with van der Waals surface area (Å²) in [7, 11) is 0. The Labute approximate surface area is 125 Å². The molecule has 0 saturated carbocycles. The summed E-state index contributed by atoms with van der Waals surface area (Å²) in [5.74, 6) is 0.401. The maximum absolute atomic E-state index is 12.8.